The summed E-state index contributed by atoms with van der Waals surface area (Å²) in [6.45, 7) is 1.50. The number of carbonyl (C=O) groups is 2. The highest BCUT2D eigenvalue weighted by Gasteiger charge is 2.14. The van der Waals surface area contributed by atoms with Crippen LogP contribution in [-0.2, 0) is 11.2 Å². The van der Waals surface area contributed by atoms with Crippen LogP contribution < -0.4 is 11.1 Å². The third-order valence-electron chi connectivity index (χ3n) is 3.19. The predicted octanol–water partition coefficient (Wildman–Crippen LogP) is 2.40. The summed E-state index contributed by atoms with van der Waals surface area (Å²) in [4.78, 5) is 23.2. The fourth-order valence-corrected chi connectivity index (χ4v) is 1.98. The van der Waals surface area contributed by atoms with Crippen LogP contribution in [-0.4, -0.2) is 17.7 Å². The van der Waals surface area contributed by atoms with Crippen molar-refractivity contribution in [2.45, 2.75) is 19.4 Å². The number of carbonyl (C=O) groups excluding carboxylic acids is 2. The third kappa shape index (κ3) is 4.26. The molecule has 0 spiro atoms. The Bertz CT molecular complexity index is 621. The lowest BCUT2D eigenvalue weighted by Crippen LogP contribution is -2.37. The summed E-state index contributed by atoms with van der Waals surface area (Å²) >= 11 is 0. The van der Waals surface area contributed by atoms with Crippen molar-refractivity contribution in [3.8, 4) is 0 Å². The summed E-state index contributed by atoms with van der Waals surface area (Å²) in [5.41, 5.74) is 8.17. The highest BCUT2D eigenvalue weighted by Crippen LogP contribution is 2.11. The minimum absolute atomic E-state index is 0.00587. The zero-order valence-electron chi connectivity index (χ0n) is 11.9. The van der Waals surface area contributed by atoms with E-state index < -0.39 is 6.04 Å². The van der Waals surface area contributed by atoms with Crippen LogP contribution in [0.5, 0.6) is 0 Å². The maximum Gasteiger partial charge on any atom is 0.241 e. The van der Waals surface area contributed by atoms with E-state index in [1.54, 1.807) is 24.3 Å². The molecule has 2 aromatic rings. The highest BCUT2D eigenvalue weighted by atomic mass is 16.2. The lowest BCUT2D eigenvalue weighted by molar-refractivity contribution is -0.117. The van der Waals surface area contributed by atoms with E-state index >= 15 is 0 Å². The van der Waals surface area contributed by atoms with Gasteiger partial charge in [0.2, 0.25) is 5.91 Å². The molecule has 0 radical (unpaired) electrons. The Morgan fingerprint density at radius 3 is 2.24 bits per heavy atom. The number of hydrogen-bond acceptors (Lipinski definition) is 3. The summed E-state index contributed by atoms with van der Waals surface area (Å²) in [5, 5.41) is 2.75. The van der Waals surface area contributed by atoms with Crippen LogP contribution in [0.15, 0.2) is 54.6 Å². The topological polar surface area (TPSA) is 72.2 Å². The maximum atomic E-state index is 12.0. The van der Waals surface area contributed by atoms with Crippen molar-refractivity contribution >= 4 is 17.4 Å². The Morgan fingerprint density at radius 2 is 1.67 bits per heavy atom. The van der Waals surface area contributed by atoms with Crippen LogP contribution in [0.2, 0.25) is 0 Å². The molecule has 0 aliphatic carbocycles. The Balaban J connectivity index is 1.95. The van der Waals surface area contributed by atoms with Crippen molar-refractivity contribution in [2.24, 2.45) is 5.73 Å². The second kappa shape index (κ2) is 6.81. The molecule has 3 N–H and O–H groups in total. The maximum absolute atomic E-state index is 12.0. The van der Waals surface area contributed by atoms with Crippen molar-refractivity contribution in [2.75, 3.05) is 5.32 Å². The van der Waals surface area contributed by atoms with E-state index in [-0.39, 0.29) is 11.7 Å². The van der Waals surface area contributed by atoms with E-state index in [0.717, 1.165) is 5.56 Å². The Kier molecular flexibility index (Phi) is 4.85. The summed E-state index contributed by atoms with van der Waals surface area (Å²) in [6, 6.07) is 15.8. The monoisotopic (exact) mass is 282 g/mol. The third-order valence-corrected chi connectivity index (χ3v) is 3.19. The molecule has 0 aromatic heterocycles. The lowest BCUT2D eigenvalue weighted by atomic mass is 10.1. The molecule has 108 valence electrons. The second-order valence-corrected chi connectivity index (χ2v) is 4.92. The number of hydrogen-bond donors (Lipinski definition) is 2. The Hall–Kier alpha value is -2.46. The van der Waals surface area contributed by atoms with E-state index in [2.05, 4.69) is 5.32 Å². The fraction of sp³-hybridized carbons (Fsp3) is 0.176. The predicted molar refractivity (Wildman–Crippen MR) is 83.2 cm³/mol. The van der Waals surface area contributed by atoms with Crippen LogP contribution in [0.3, 0.4) is 0 Å². The molecule has 4 nitrogen and oxygen atoms in total. The number of anilines is 1. The summed E-state index contributed by atoms with van der Waals surface area (Å²) in [5.74, 6) is -0.247. The first-order chi connectivity index (χ1) is 10.1. The number of ketones is 1. The lowest BCUT2D eigenvalue weighted by Gasteiger charge is -2.12. The largest absolute Gasteiger partial charge is 0.325 e. The molecule has 4 heteroatoms. The van der Waals surface area contributed by atoms with Crippen molar-refractivity contribution in [1.29, 1.82) is 0 Å². The molecular weight excluding hydrogens is 264 g/mol. The number of rotatable bonds is 5. The van der Waals surface area contributed by atoms with Crippen molar-refractivity contribution in [1.82, 2.24) is 0 Å². The van der Waals surface area contributed by atoms with E-state index in [1.807, 2.05) is 30.3 Å². The van der Waals surface area contributed by atoms with Gasteiger partial charge in [-0.25, -0.2) is 0 Å². The molecule has 0 heterocycles. The molecule has 0 bridgehead atoms. The highest BCUT2D eigenvalue weighted by molar-refractivity contribution is 5.97. The van der Waals surface area contributed by atoms with E-state index in [4.69, 9.17) is 5.73 Å². The average molecular weight is 282 g/mol. The van der Waals surface area contributed by atoms with Gasteiger partial charge in [0.25, 0.3) is 0 Å². The number of nitrogens with two attached hydrogens (primary N) is 1. The Morgan fingerprint density at radius 1 is 1.05 bits per heavy atom. The van der Waals surface area contributed by atoms with Gasteiger partial charge in [0.1, 0.15) is 0 Å². The minimum Gasteiger partial charge on any atom is -0.325 e. The molecule has 1 amide bonds. The first-order valence-corrected chi connectivity index (χ1v) is 6.77. The van der Waals surface area contributed by atoms with Crippen LogP contribution in [0.4, 0.5) is 5.69 Å². The number of nitrogens with one attached hydrogen (secondary N) is 1. The van der Waals surface area contributed by atoms with Gasteiger partial charge in [-0.3, -0.25) is 9.59 Å². The molecule has 0 unspecified atom stereocenters. The number of benzene rings is 2. The standard InChI is InChI=1S/C17H18N2O2/c1-12(20)14-7-9-15(10-8-14)19-17(21)16(18)11-13-5-3-2-4-6-13/h2-10,16H,11,18H2,1H3,(H,19,21)/t16-/m1/s1. The van der Waals surface area contributed by atoms with Gasteiger partial charge >= 0.3 is 0 Å². The first-order valence-electron chi connectivity index (χ1n) is 6.77. The van der Waals surface area contributed by atoms with Gasteiger partial charge in [0.15, 0.2) is 5.78 Å². The molecule has 0 aliphatic rings. The minimum atomic E-state index is -0.611. The summed E-state index contributed by atoms with van der Waals surface area (Å²) < 4.78 is 0. The number of amides is 1. The smallest absolute Gasteiger partial charge is 0.241 e. The van der Waals surface area contributed by atoms with Gasteiger partial charge in [-0.2, -0.15) is 0 Å². The van der Waals surface area contributed by atoms with Gasteiger partial charge < -0.3 is 11.1 Å². The first kappa shape index (κ1) is 14.9. The molecule has 0 aliphatic heterocycles. The molecule has 2 aromatic carbocycles. The molecule has 1 atom stereocenters. The fourth-order valence-electron chi connectivity index (χ4n) is 1.98. The molecule has 0 saturated heterocycles. The van der Waals surface area contributed by atoms with Crippen LogP contribution in [0.1, 0.15) is 22.8 Å². The normalized spacial score (nSPS) is 11.7. The average Bonchev–Trinajstić information content (AvgIpc) is 2.48. The second-order valence-electron chi connectivity index (χ2n) is 4.92. The van der Waals surface area contributed by atoms with Crippen LogP contribution in [0.25, 0.3) is 0 Å². The number of Topliss-reactive ketones (excluding diaryl/α,β-unsaturated/α-hetero) is 1. The van der Waals surface area contributed by atoms with Crippen molar-refractivity contribution < 1.29 is 9.59 Å². The summed E-state index contributed by atoms with van der Waals surface area (Å²) in [6.07, 6.45) is 0.484. The van der Waals surface area contributed by atoms with Gasteiger partial charge in [0.05, 0.1) is 6.04 Å². The van der Waals surface area contributed by atoms with E-state index in [0.29, 0.717) is 17.7 Å². The van der Waals surface area contributed by atoms with Crippen molar-refractivity contribution in [3.05, 3.63) is 65.7 Å². The van der Waals surface area contributed by atoms with Gasteiger partial charge in [0, 0.05) is 11.3 Å². The molecule has 0 fully saturated rings. The van der Waals surface area contributed by atoms with Crippen molar-refractivity contribution in [3.63, 3.8) is 0 Å². The SMILES string of the molecule is CC(=O)c1ccc(NC(=O)[C@H](N)Cc2ccccc2)cc1. The quantitative estimate of drug-likeness (QED) is 0.827. The molecule has 21 heavy (non-hydrogen) atoms. The van der Waals surface area contributed by atoms with Crippen LogP contribution >= 0.6 is 0 Å². The van der Waals surface area contributed by atoms with Gasteiger partial charge in [-0.05, 0) is 43.2 Å². The van der Waals surface area contributed by atoms with Gasteiger partial charge in [-0.1, -0.05) is 30.3 Å². The zero-order valence-corrected chi connectivity index (χ0v) is 11.9. The van der Waals surface area contributed by atoms with E-state index in [9.17, 15) is 9.59 Å². The van der Waals surface area contributed by atoms with Gasteiger partial charge in [-0.15, -0.1) is 0 Å². The zero-order chi connectivity index (χ0) is 15.2. The van der Waals surface area contributed by atoms with Crippen LogP contribution in [0, 0.1) is 0 Å². The summed E-state index contributed by atoms with van der Waals surface area (Å²) in [7, 11) is 0. The molecular formula is C17H18N2O2. The molecule has 2 rings (SSSR count). The Labute approximate surface area is 124 Å². The van der Waals surface area contributed by atoms with E-state index in [1.165, 1.54) is 6.92 Å². The molecule has 0 saturated carbocycles.